The van der Waals surface area contributed by atoms with Crippen LogP contribution in [-0.4, -0.2) is 38.1 Å². The summed E-state index contributed by atoms with van der Waals surface area (Å²) in [4.78, 5) is 15.4. The topological polar surface area (TPSA) is 50.8 Å². The third kappa shape index (κ3) is 4.63. The van der Waals surface area contributed by atoms with Crippen molar-refractivity contribution >= 4 is 5.91 Å². The lowest BCUT2D eigenvalue weighted by molar-refractivity contribution is 0.0925. The van der Waals surface area contributed by atoms with Crippen molar-refractivity contribution in [2.24, 2.45) is 0 Å². The van der Waals surface area contributed by atoms with Crippen LogP contribution < -0.4 is 14.8 Å². The van der Waals surface area contributed by atoms with E-state index in [0.29, 0.717) is 17.9 Å². The monoisotopic (exact) mass is 430 g/mol. The Balaban J connectivity index is 1.63. The van der Waals surface area contributed by atoms with Gasteiger partial charge in [-0.1, -0.05) is 48.5 Å². The third-order valence-electron chi connectivity index (χ3n) is 6.19. The summed E-state index contributed by atoms with van der Waals surface area (Å²) < 4.78 is 11.1. The first kappa shape index (κ1) is 21.9. The van der Waals surface area contributed by atoms with Crippen LogP contribution >= 0.6 is 0 Å². The highest BCUT2D eigenvalue weighted by Crippen LogP contribution is 2.38. The van der Waals surface area contributed by atoms with E-state index in [1.54, 1.807) is 14.2 Å². The van der Waals surface area contributed by atoms with E-state index < -0.39 is 0 Å². The van der Waals surface area contributed by atoms with Gasteiger partial charge in [-0.2, -0.15) is 0 Å². The van der Waals surface area contributed by atoms with E-state index in [4.69, 9.17) is 9.47 Å². The molecule has 1 aliphatic rings. The zero-order valence-electron chi connectivity index (χ0n) is 18.9. The molecule has 32 heavy (non-hydrogen) atoms. The summed E-state index contributed by atoms with van der Waals surface area (Å²) in [7, 11) is 3.32. The molecule has 0 unspecified atom stereocenters. The highest BCUT2D eigenvalue weighted by molar-refractivity contribution is 5.95. The molecule has 3 aromatic rings. The van der Waals surface area contributed by atoms with Crippen LogP contribution in [0.3, 0.4) is 0 Å². The standard InChI is InChI=1S/C27H30N2O3/c1-19-9-7-8-12-22(19)27(30)28-17-24-23-16-26(32-3)25(31-2)15-21(23)13-14-29(24)18-20-10-5-4-6-11-20/h4-12,15-16,24H,13-14,17-18H2,1-3H3,(H,28,30)/t24-/m0/s1. The van der Waals surface area contributed by atoms with Crippen LogP contribution in [0.5, 0.6) is 11.5 Å². The van der Waals surface area contributed by atoms with Crippen LogP contribution in [0.25, 0.3) is 0 Å². The quantitative estimate of drug-likeness (QED) is 0.598. The summed E-state index contributed by atoms with van der Waals surface area (Å²) in [5, 5.41) is 3.18. The first-order valence-corrected chi connectivity index (χ1v) is 11.0. The molecule has 4 rings (SSSR count). The molecular formula is C27H30N2O3. The zero-order chi connectivity index (χ0) is 22.5. The molecule has 0 fully saturated rings. The van der Waals surface area contributed by atoms with E-state index in [0.717, 1.165) is 30.8 Å². The number of rotatable bonds is 7. The van der Waals surface area contributed by atoms with Crippen LogP contribution in [0.15, 0.2) is 66.7 Å². The van der Waals surface area contributed by atoms with Gasteiger partial charge in [0.25, 0.3) is 5.91 Å². The molecular weight excluding hydrogens is 400 g/mol. The van der Waals surface area contributed by atoms with Gasteiger partial charge in [0.05, 0.1) is 20.3 Å². The Labute approximate surface area is 190 Å². The second-order valence-electron chi connectivity index (χ2n) is 8.15. The number of ether oxygens (including phenoxy) is 2. The van der Waals surface area contributed by atoms with Gasteiger partial charge in [-0.25, -0.2) is 0 Å². The molecule has 1 atom stereocenters. The fraction of sp³-hybridized carbons (Fsp3) is 0.296. The van der Waals surface area contributed by atoms with Gasteiger partial charge in [-0.05, 0) is 53.8 Å². The van der Waals surface area contributed by atoms with Crippen molar-refractivity contribution in [1.29, 1.82) is 0 Å². The average Bonchev–Trinajstić information content (AvgIpc) is 2.83. The normalized spacial score (nSPS) is 15.7. The molecule has 0 aliphatic carbocycles. The Bertz CT molecular complexity index is 1080. The molecule has 166 valence electrons. The fourth-order valence-electron chi connectivity index (χ4n) is 4.44. The van der Waals surface area contributed by atoms with Crippen molar-refractivity contribution in [3.8, 4) is 11.5 Å². The zero-order valence-corrected chi connectivity index (χ0v) is 18.9. The van der Waals surface area contributed by atoms with Crippen molar-refractivity contribution in [3.63, 3.8) is 0 Å². The van der Waals surface area contributed by atoms with Gasteiger partial charge < -0.3 is 14.8 Å². The lowest BCUT2D eigenvalue weighted by atomic mass is 9.91. The molecule has 0 radical (unpaired) electrons. The Hall–Kier alpha value is -3.31. The van der Waals surface area contributed by atoms with Gasteiger partial charge in [0.2, 0.25) is 0 Å². The maximum atomic E-state index is 12.9. The predicted octanol–water partition coefficient (Wildman–Crippen LogP) is 4.54. The molecule has 1 N–H and O–H groups in total. The van der Waals surface area contributed by atoms with Crippen LogP contribution in [-0.2, 0) is 13.0 Å². The van der Waals surface area contributed by atoms with Crippen molar-refractivity contribution in [2.75, 3.05) is 27.3 Å². The summed E-state index contributed by atoms with van der Waals surface area (Å²) in [6, 6.07) is 22.3. The number of nitrogens with one attached hydrogen (secondary N) is 1. The molecule has 1 aliphatic heterocycles. The molecule has 3 aromatic carbocycles. The SMILES string of the molecule is COc1cc2c(cc1OC)[C@H](CNC(=O)c1ccccc1C)N(Cc1ccccc1)CC2. The van der Waals surface area contributed by atoms with E-state index in [9.17, 15) is 4.79 Å². The molecule has 5 nitrogen and oxygen atoms in total. The maximum Gasteiger partial charge on any atom is 0.251 e. The minimum atomic E-state index is -0.0460. The molecule has 0 bridgehead atoms. The lowest BCUT2D eigenvalue weighted by Gasteiger charge is -2.38. The summed E-state index contributed by atoms with van der Waals surface area (Å²) in [6.07, 6.45) is 0.921. The number of amides is 1. The molecule has 0 saturated heterocycles. The second kappa shape index (κ2) is 9.88. The van der Waals surface area contributed by atoms with Gasteiger partial charge >= 0.3 is 0 Å². The minimum Gasteiger partial charge on any atom is -0.493 e. The number of aryl methyl sites for hydroxylation is 1. The Morgan fingerprint density at radius 1 is 1.00 bits per heavy atom. The number of carbonyl (C=O) groups excluding carboxylic acids is 1. The second-order valence-corrected chi connectivity index (χ2v) is 8.15. The van der Waals surface area contributed by atoms with Crippen molar-refractivity contribution in [1.82, 2.24) is 10.2 Å². The Kier molecular flexibility index (Phi) is 6.76. The molecule has 1 amide bonds. The van der Waals surface area contributed by atoms with Gasteiger partial charge in [0, 0.05) is 25.2 Å². The van der Waals surface area contributed by atoms with Crippen molar-refractivity contribution < 1.29 is 14.3 Å². The van der Waals surface area contributed by atoms with Crippen molar-refractivity contribution in [3.05, 3.63) is 94.5 Å². The molecule has 5 heteroatoms. The van der Waals surface area contributed by atoms with E-state index >= 15 is 0 Å². The summed E-state index contributed by atoms with van der Waals surface area (Å²) >= 11 is 0. The van der Waals surface area contributed by atoms with E-state index in [2.05, 4.69) is 46.6 Å². The summed E-state index contributed by atoms with van der Waals surface area (Å²) in [5.41, 5.74) is 5.36. The van der Waals surface area contributed by atoms with Crippen LogP contribution in [0.4, 0.5) is 0 Å². The minimum absolute atomic E-state index is 0.0340. The van der Waals surface area contributed by atoms with E-state index in [1.165, 1.54) is 16.7 Å². The molecule has 0 aromatic heterocycles. The number of carbonyl (C=O) groups is 1. The highest BCUT2D eigenvalue weighted by atomic mass is 16.5. The highest BCUT2D eigenvalue weighted by Gasteiger charge is 2.29. The Morgan fingerprint density at radius 3 is 2.41 bits per heavy atom. The molecule has 1 heterocycles. The van der Waals surface area contributed by atoms with Gasteiger partial charge in [-0.15, -0.1) is 0 Å². The first-order chi connectivity index (χ1) is 15.6. The average molecular weight is 431 g/mol. The van der Waals surface area contributed by atoms with Crippen LogP contribution in [0.1, 0.15) is 38.7 Å². The Morgan fingerprint density at radius 2 is 1.69 bits per heavy atom. The number of benzene rings is 3. The largest absolute Gasteiger partial charge is 0.493 e. The van der Waals surface area contributed by atoms with Crippen LogP contribution in [0, 0.1) is 6.92 Å². The number of methoxy groups -OCH3 is 2. The molecule has 0 spiro atoms. The summed E-state index contributed by atoms with van der Waals surface area (Å²) in [6.45, 7) is 4.20. The predicted molar refractivity (Wildman–Crippen MR) is 126 cm³/mol. The smallest absolute Gasteiger partial charge is 0.251 e. The number of hydrogen-bond donors (Lipinski definition) is 1. The number of fused-ring (bicyclic) bond motifs is 1. The first-order valence-electron chi connectivity index (χ1n) is 11.0. The van der Waals surface area contributed by atoms with Gasteiger partial charge in [0.1, 0.15) is 0 Å². The lowest BCUT2D eigenvalue weighted by Crippen LogP contribution is -2.42. The van der Waals surface area contributed by atoms with E-state index in [1.807, 2.05) is 37.3 Å². The van der Waals surface area contributed by atoms with Gasteiger partial charge in [0.15, 0.2) is 11.5 Å². The third-order valence-corrected chi connectivity index (χ3v) is 6.19. The summed E-state index contributed by atoms with van der Waals surface area (Å²) in [5.74, 6) is 1.41. The number of nitrogens with zero attached hydrogens (tertiary/aromatic N) is 1. The van der Waals surface area contributed by atoms with Gasteiger partial charge in [-0.3, -0.25) is 9.69 Å². The van der Waals surface area contributed by atoms with E-state index in [-0.39, 0.29) is 11.9 Å². The van der Waals surface area contributed by atoms with Crippen LogP contribution in [0.2, 0.25) is 0 Å². The number of hydrogen-bond acceptors (Lipinski definition) is 4. The molecule has 0 saturated carbocycles. The fourth-order valence-corrected chi connectivity index (χ4v) is 4.44. The maximum absolute atomic E-state index is 12.9. The van der Waals surface area contributed by atoms with Crippen molar-refractivity contribution in [2.45, 2.75) is 25.9 Å².